The first-order valence-corrected chi connectivity index (χ1v) is 6.85. The van der Waals surface area contributed by atoms with Crippen LogP contribution < -0.4 is 11.1 Å². The van der Waals surface area contributed by atoms with Crippen LogP contribution >= 0.6 is 15.9 Å². The summed E-state index contributed by atoms with van der Waals surface area (Å²) >= 11 is 3.23. The number of rotatable bonds is 5. The third-order valence-corrected chi connectivity index (χ3v) is 3.39. The van der Waals surface area contributed by atoms with E-state index in [0.717, 1.165) is 11.1 Å². The van der Waals surface area contributed by atoms with Crippen LogP contribution in [-0.4, -0.2) is 4.92 Å². The summed E-state index contributed by atoms with van der Waals surface area (Å²) in [5, 5.41) is 14.1. The van der Waals surface area contributed by atoms with Gasteiger partial charge >= 0.3 is 0 Å². The lowest BCUT2D eigenvalue weighted by Gasteiger charge is -2.08. The molecule has 0 radical (unpaired) electrons. The van der Waals surface area contributed by atoms with Crippen molar-refractivity contribution < 1.29 is 4.92 Å². The SMILES string of the molecule is NCc1ccc(CNc2ccc(Br)cc2[N+](=O)[O-])cc1. The maximum atomic E-state index is 11.0. The molecule has 0 aliphatic heterocycles. The van der Waals surface area contributed by atoms with Gasteiger partial charge in [0.25, 0.3) is 5.69 Å². The normalized spacial score (nSPS) is 10.3. The maximum Gasteiger partial charge on any atom is 0.293 e. The number of hydrogen-bond acceptors (Lipinski definition) is 4. The van der Waals surface area contributed by atoms with Crippen LogP contribution in [0, 0.1) is 10.1 Å². The lowest BCUT2D eigenvalue weighted by atomic mass is 10.1. The van der Waals surface area contributed by atoms with Gasteiger partial charge in [-0.15, -0.1) is 0 Å². The summed E-state index contributed by atoms with van der Waals surface area (Å²) in [6.07, 6.45) is 0. The molecular formula is C14H14BrN3O2. The predicted molar refractivity (Wildman–Crippen MR) is 82.5 cm³/mol. The summed E-state index contributed by atoms with van der Waals surface area (Å²) in [6, 6.07) is 12.8. The fraction of sp³-hybridized carbons (Fsp3) is 0.143. The zero-order chi connectivity index (χ0) is 14.5. The Labute approximate surface area is 125 Å². The van der Waals surface area contributed by atoms with Gasteiger partial charge in [0.15, 0.2) is 0 Å². The number of nitrogens with zero attached hydrogens (tertiary/aromatic N) is 1. The van der Waals surface area contributed by atoms with Crippen molar-refractivity contribution >= 4 is 27.3 Å². The second-order valence-electron chi connectivity index (χ2n) is 4.29. The molecular weight excluding hydrogens is 322 g/mol. The number of benzene rings is 2. The molecule has 0 fully saturated rings. The van der Waals surface area contributed by atoms with Crippen molar-refractivity contribution in [2.75, 3.05) is 5.32 Å². The smallest absolute Gasteiger partial charge is 0.293 e. The number of halogens is 1. The summed E-state index contributed by atoms with van der Waals surface area (Å²) in [7, 11) is 0. The zero-order valence-corrected chi connectivity index (χ0v) is 12.3. The average molecular weight is 336 g/mol. The molecule has 0 saturated heterocycles. The molecule has 0 aliphatic rings. The van der Waals surface area contributed by atoms with Crippen LogP contribution in [0.3, 0.4) is 0 Å². The van der Waals surface area contributed by atoms with Crippen molar-refractivity contribution in [1.29, 1.82) is 0 Å². The molecule has 6 heteroatoms. The van der Waals surface area contributed by atoms with E-state index in [9.17, 15) is 10.1 Å². The number of hydrogen-bond donors (Lipinski definition) is 2. The molecule has 0 bridgehead atoms. The van der Waals surface area contributed by atoms with Crippen molar-refractivity contribution in [3.63, 3.8) is 0 Å². The number of nitrogens with one attached hydrogen (secondary N) is 1. The minimum Gasteiger partial charge on any atom is -0.375 e. The molecule has 0 heterocycles. The van der Waals surface area contributed by atoms with Gasteiger partial charge in [-0.2, -0.15) is 0 Å². The Bertz CT molecular complexity index is 614. The van der Waals surface area contributed by atoms with Gasteiger partial charge < -0.3 is 11.1 Å². The molecule has 20 heavy (non-hydrogen) atoms. The highest BCUT2D eigenvalue weighted by Gasteiger charge is 2.13. The van der Waals surface area contributed by atoms with E-state index in [1.54, 1.807) is 12.1 Å². The Kier molecular flexibility index (Phi) is 4.70. The van der Waals surface area contributed by atoms with Crippen LogP contribution in [-0.2, 0) is 13.1 Å². The van der Waals surface area contributed by atoms with Gasteiger partial charge in [-0.25, -0.2) is 0 Å². The molecule has 0 spiro atoms. The second-order valence-corrected chi connectivity index (χ2v) is 5.21. The lowest BCUT2D eigenvalue weighted by Crippen LogP contribution is -2.03. The fourth-order valence-electron chi connectivity index (χ4n) is 1.80. The average Bonchev–Trinajstić information content (AvgIpc) is 2.46. The summed E-state index contributed by atoms with van der Waals surface area (Å²) in [5.74, 6) is 0. The summed E-state index contributed by atoms with van der Waals surface area (Å²) in [6.45, 7) is 1.03. The summed E-state index contributed by atoms with van der Waals surface area (Å²) < 4.78 is 0.682. The molecule has 2 rings (SSSR count). The van der Waals surface area contributed by atoms with Crippen molar-refractivity contribution in [2.45, 2.75) is 13.1 Å². The van der Waals surface area contributed by atoms with E-state index in [1.165, 1.54) is 6.07 Å². The summed E-state index contributed by atoms with van der Waals surface area (Å²) in [5.41, 5.74) is 8.19. The van der Waals surface area contributed by atoms with Crippen molar-refractivity contribution in [1.82, 2.24) is 0 Å². The molecule has 2 aromatic carbocycles. The molecule has 0 aliphatic carbocycles. The van der Waals surface area contributed by atoms with E-state index in [2.05, 4.69) is 21.2 Å². The molecule has 0 unspecified atom stereocenters. The van der Waals surface area contributed by atoms with Gasteiger partial charge in [0, 0.05) is 23.6 Å². The highest BCUT2D eigenvalue weighted by molar-refractivity contribution is 9.10. The molecule has 0 aromatic heterocycles. The fourth-order valence-corrected chi connectivity index (χ4v) is 2.14. The standard InChI is InChI=1S/C14H14BrN3O2/c15-12-5-6-13(14(7-12)18(19)20)17-9-11-3-1-10(8-16)2-4-11/h1-7,17H,8-9,16H2. The van der Waals surface area contributed by atoms with Gasteiger partial charge in [0.2, 0.25) is 0 Å². The Morgan fingerprint density at radius 2 is 1.80 bits per heavy atom. The highest BCUT2D eigenvalue weighted by atomic mass is 79.9. The first-order chi connectivity index (χ1) is 9.60. The third kappa shape index (κ3) is 3.55. The monoisotopic (exact) mass is 335 g/mol. The van der Waals surface area contributed by atoms with Crippen LogP contribution in [0.25, 0.3) is 0 Å². The Morgan fingerprint density at radius 1 is 1.15 bits per heavy atom. The lowest BCUT2D eigenvalue weighted by molar-refractivity contribution is -0.384. The van der Waals surface area contributed by atoms with E-state index < -0.39 is 4.92 Å². The van der Waals surface area contributed by atoms with Crippen LogP contribution in [0.1, 0.15) is 11.1 Å². The van der Waals surface area contributed by atoms with E-state index in [4.69, 9.17) is 5.73 Å². The molecule has 0 amide bonds. The number of nitrogens with two attached hydrogens (primary N) is 1. The molecule has 3 N–H and O–H groups in total. The minimum absolute atomic E-state index is 0.0537. The van der Waals surface area contributed by atoms with Crippen molar-refractivity contribution in [2.24, 2.45) is 5.73 Å². The van der Waals surface area contributed by atoms with Gasteiger partial charge in [-0.05, 0) is 23.3 Å². The topological polar surface area (TPSA) is 81.2 Å². The molecule has 0 saturated carbocycles. The quantitative estimate of drug-likeness (QED) is 0.647. The molecule has 2 aromatic rings. The first-order valence-electron chi connectivity index (χ1n) is 6.06. The number of nitro groups is 1. The zero-order valence-electron chi connectivity index (χ0n) is 10.7. The minimum atomic E-state index is -0.398. The van der Waals surface area contributed by atoms with Crippen LogP contribution in [0.5, 0.6) is 0 Å². The van der Waals surface area contributed by atoms with Gasteiger partial charge in [-0.1, -0.05) is 40.2 Å². The Hall–Kier alpha value is -1.92. The first kappa shape index (κ1) is 14.5. The van der Waals surface area contributed by atoms with E-state index in [0.29, 0.717) is 23.2 Å². The maximum absolute atomic E-state index is 11.0. The number of anilines is 1. The van der Waals surface area contributed by atoms with Gasteiger partial charge in [-0.3, -0.25) is 10.1 Å². The largest absolute Gasteiger partial charge is 0.375 e. The Balaban J connectivity index is 2.12. The van der Waals surface area contributed by atoms with E-state index in [1.807, 2.05) is 24.3 Å². The van der Waals surface area contributed by atoms with E-state index in [-0.39, 0.29) is 5.69 Å². The van der Waals surface area contributed by atoms with Crippen molar-refractivity contribution in [3.8, 4) is 0 Å². The van der Waals surface area contributed by atoms with Gasteiger partial charge in [0.1, 0.15) is 5.69 Å². The van der Waals surface area contributed by atoms with Gasteiger partial charge in [0.05, 0.1) is 4.92 Å². The van der Waals surface area contributed by atoms with E-state index >= 15 is 0 Å². The van der Waals surface area contributed by atoms with Crippen LogP contribution in [0.15, 0.2) is 46.9 Å². The van der Waals surface area contributed by atoms with Crippen LogP contribution in [0.2, 0.25) is 0 Å². The second kappa shape index (κ2) is 6.49. The molecule has 0 atom stereocenters. The Morgan fingerprint density at radius 3 is 2.40 bits per heavy atom. The predicted octanol–water partition coefficient (Wildman–Crippen LogP) is 3.43. The highest BCUT2D eigenvalue weighted by Crippen LogP contribution is 2.28. The van der Waals surface area contributed by atoms with Crippen molar-refractivity contribution in [3.05, 3.63) is 68.2 Å². The van der Waals surface area contributed by atoms with Crippen LogP contribution in [0.4, 0.5) is 11.4 Å². The molecule has 5 nitrogen and oxygen atoms in total. The third-order valence-electron chi connectivity index (χ3n) is 2.90. The number of nitro benzene ring substituents is 1. The summed E-state index contributed by atoms with van der Waals surface area (Å²) in [4.78, 5) is 10.6. The molecule has 104 valence electrons.